The lowest BCUT2D eigenvalue weighted by Crippen LogP contribution is -2.11. The first kappa shape index (κ1) is 12.1. The Morgan fingerprint density at radius 3 is 2.06 bits per heavy atom. The molecule has 0 atom stereocenters. The number of para-hydroxylation sites is 1. The molecule has 0 heterocycles. The van der Waals surface area contributed by atoms with Crippen molar-refractivity contribution in [3.63, 3.8) is 0 Å². The Bertz CT molecular complexity index is 544. The predicted molar refractivity (Wildman–Crippen MR) is 74.6 cm³/mol. The van der Waals surface area contributed by atoms with E-state index in [-0.39, 0.29) is 5.78 Å². The van der Waals surface area contributed by atoms with E-state index >= 15 is 0 Å². The molecule has 0 amide bonds. The van der Waals surface area contributed by atoms with Crippen LogP contribution in [0, 0.1) is 0 Å². The van der Waals surface area contributed by atoms with Gasteiger partial charge in [0.1, 0.15) is 0 Å². The van der Waals surface area contributed by atoms with E-state index in [1.54, 1.807) is 6.08 Å². The summed E-state index contributed by atoms with van der Waals surface area (Å²) in [5.41, 5.74) is 2.19. The van der Waals surface area contributed by atoms with Gasteiger partial charge in [-0.2, -0.15) is 0 Å². The van der Waals surface area contributed by atoms with Crippen LogP contribution in [0.1, 0.15) is 17.3 Å². The van der Waals surface area contributed by atoms with E-state index < -0.39 is 0 Å². The van der Waals surface area contributed by atoms with Crippen LogP contribution in [0.3, 0.4) is 0 Å². The molecule has 18 heavy (non-hydrogen) atoms. The fourth-order valence-corrected chi connectivity index (χ4v) is 1.68. The molecule has 2 aromatic carbocycles. The SMILES string of the molecule is CC=C(Nc1ccccc1)C(=O)c1ccccc1. The molecule has 0 bridgehead atoms. The van der Waals surface area contributed by atoms with E-state index in [2.05, 4.69) is 5.32 Å². The number of nitrogens with one attached hydrogen (secondary N) is 1. The minimum Gasteiger partial charge on any atom is -0.353 e. The quantitative estimate of drug-likeness (QED) is 0.645. The molecule has 2 heteroatoms. The first-order valence-electron chi connectivity index (χ1n) is 5.89. The number of benzene rings is 2. The van der Waals surface area contributed by atoms with Gasteiger partial charge in [-0.25, -0.2) is 0 Å². The average molecular weight is 237 g/mol. The van der Waals surface area contributed by atoms with Crippen molar-refractivity contribution in [3.8, 4) is 0 Å². The van der Waals surface area contributed by atoms with Gasteiger partial charge in [-0.1, -0.05) is 54.6 Å². The fraction of sp³-hybridized carbons (Fsp3) is 0.0625. The monoisotopic (exact) mass is 237 g/mol. The van der Waals surface area contributed by atoms with Crippen LogP contribution >= 0.6 is 0 Å². The zero-order valence-corrected chi connectivity index (χ0v) is 10.3. The molecule has 2 nitrogen and oxygen atoms in total. The van der Waals surface area contributed by atoms with E-state index in [0.717, 1.165) is 5.69 Å². The van der Waals surface area contributed by atoms with Gasteiger partial charge in [0.25, 0.3) is 0 Å². The largest absolute Gasteiger partial charge is 0.353 e. The molecule has 0 saturated heterocycles. The first-order valence-corrected chi connectivity index (χ1v) is 5.89. The molecule has 2 aromatic rings. The van der Waals surface area contributed by atoms with Crippen molar-refractivity contribution in [1.29, 1.82) is 0 Å². The molecular weight excluding hydrogens is 222 g/mol. The topological polar surface area (TPSA) is 29.1 Å². The Hall–Kier alpha value is -2.35. The summed E-state index contributed by atoms with van der Waals surface area (Å²) in [6, 6.07) is 18.9. The zero-order chi connectivity index (χ0) is 12.8. The molecule has 2 rings (SSSR count). The summed E-state index contributed by atoms with van der Waals surface area (Å²) in [4.78, 5) is 12.2. The van der Waals surface area contributed by atoms with Crippen LogP contribution in [0.4, 0.5) is 5.69 Å². The molecule has 0 unspecified atom stereocenters. The lowest BCUT2D eigenvalue weighted by atomic mass is 10.1. The second-order valence-corrected chi connectivity index (χ2v) is 3.89. The van der Waals surface area contributed by atoms with Crippen LogP contribution in [0.25, 0.3) is 0 Å². The minimum absolute atomic E-state index is 0.00181. The highest BCUT2D eigenvalue weighted by Crippen LogP contribution is 2.13. The first-order chi connectivity index (χ1) is 8.81. The number of ketones is 1. The van der Waals surface area contributed by atoms with E-state index in [0.29, 0.717) is 11.3 Å². The van der Waals surface area contributed by atoms with Gasteiger partial charge in [0.05, 0.1) is 5.70 Å². The number of hydrogen-bond donors (Lipinski definition) is 1. The van der Waals surface area contributed by atoms with Gasteiger partial charge >= 0.3 is 0 Å². The van der Waals surface area contributed by atoms with Crippen LogP contribution in [0.2, 0.25) is 0 Å². The van der Waals surface area contributed by atoms with Crippen molar-refractivity contribution in [2.45, 2.75) is 6.92 Å². The van der Waals surface area contributed by atoms with Crippen LogP contribution in [0.15, 0.2) is 72.4 Å². The van der Waals surface area contributed by atoms with Gasteiger partial charge in [0, 0.05) is 11.3 Å². The Kier molecular flexibility index (Phi) is 3.92. The molecule has 1 N–H and O–H groups in total. The van der Waals surface area contributed by atoms with Gasteiger partial charge in [-0.05, 0) is 19.1 Å². The van der Waals surface area contributed by atoms with Gasteiger partial charge in [0.2, 0.25) is 5.78 Å². The number of hydrogen-bond acceptors (Lipinski definition) is 2. The standard InChI is InChI=1S/C16H15NO/c1-2-15(17-14-11-7-4-8-12-14)16(18)13-9-5-3-6-10-13/h2-12,17H,1H3. The highest BCUT2D eigenvalue weighted by molar-refractivity contribution is 6.10. The highest BCUT2D eigenvalue weighted by Gasteiger charge is 2.10. The van der Waals surface area contributed by atoms with E-state index in [4.69, 9.17) is 0 Å². The summed E-state index contributed by atoms with van der Waals surface area (Å²) in [6.07, 6.45) is 1.79. The molecule has 0 aliphatic carbocycles. The van der Waals surface area contributed by atoms with E-state index in [9.17, 15) is 4.79 Å². The second-order valence-electron chi connectivity index (χ2n) is 3.89. The van der Waals surface area contributed by atoms with Crippen LogP contribution in [0.5, 0.6) is 0 Å². The summed E-state index contributed by atoms with van der Waals surface area (Å²) in [6.45, 7) is 1.85. The number of allylic oxidation sites excluding steroid dienone is 2. The molecule has 0 radical (unpaired) electrons. The Morgan fingerprint density at radius 2 is 1.50 bits per heavy atom. The normalized spacial score (nSPS) is 11.1. The minimum atomic E-state index is 0.00181. The summed E-state index contributed by atoms with van der Waals surface area (Å²) in [5.74, 6) is 0.00181. The lowest BCUT2D eigenvalue weighted by Gasteiger charge is -2.09. The maximum Gasteiger partial charge on any atom is 0.208 e. The average Bonchev–Trinajstić information content (AvgIpc) is 2.46. The Balaban J connectivity index is 2.18. The number of rotatable bonds is 4. The van der Waals surface area contributed by atoms with Crippen molar-refractivity contribution < 1.29 is 4.79 Å². The van der Waals surface area contributed by atoms with E-state index in [1.165, 1.54) is 0 Å². The zero-order valence-electron chi connectivity index (χ0n) is 10.3. The smallest absolute Gasteiger partial charge is 0.208 e. The third-order valence-electron chi connectivity index (χ3n) is 2.62. The van der Waals surface area contributed by atoms with Crippen LogP contribution in [-0.4, -0.2) is 5.78 Å². The Morgan fingerprint density at radius 1 is 0.944 bits per heavy atom. The molecule has 0 spiro atoms. The maximum absolute atomic E-state index is 12.2. The molecule has 90 valence electrons. The van der Waals surface area contributed by atoms with E-state index in [1.807, 2.05) is 67.6 Å². The highest BCUT2D eigenvalue weighted by atomic mass is 16.1. The molecule has 0 aliphatic heterocycles. The van der Waals surface area contributed by atoms with Crippen molar-refractivity contribution in [2.75, 3.05) is 5.32 Å². The van der Waals surface area contributed by atoms with Gasteiger partial charge in [-0.3, -0.25) is 4.79 Å². The van der Waals surface area contributed by atoms with Crippen molar-refractivity contribution in [1.82, 2.24) is 0 Å². The van der Waals surface area contributed by atoms with Crippen LogP contribution in [-0.2, 0) is 0 Å². The third kappa shape index (κ3) is 2.86. The molecular formula is C16H15NO. The summed E-state index contributed by atoms with van der Waals surface area (Å²) < 4.78 is 0. The second kappa shape index (κ2) is 5.82. The molecule has 0 saturated carbocycles. The lowest BCUT2D eigenvalue weighted by molar-refractivity contribution is 0.103. The molecule has 0 fully saturated rings. The van der Waals surface area contributed by atoms with Crippen molar-refractivity contribution in [2.24, 2.45) is 0 Å². The summed E-state index contributed by atoms with van der Waals surface area (Å²) >= 11 is 0. The third-order valence-corrected chi connectivity index (χ3v) is 2.62. The number of carbonyl (C=O) groups is 1. The summed E-state index contributed by atoms with van der Waals surface area (Å²) in [7, 11) is 0. The number of Topliss-reactive ketones (excluding diaryl/α,β-unsaturated/α-hetero) is 1. The summed E-state index contributed by atoms with van der Waals surface area (Å²) in [5, 5.41) is 3.14. The molecule has 0 aliphatic rings. The fourth-order valence-electron chi connectivity index (χ4n) is 1.68. The van der Waals surface area contributed by atoms with Gasteiger partial charge in [0.15, 0.2) is 0 Å². The predicted octanol–water partition coefficient (Wildman–Crippen LogP) is 3.89. The van der Waals surface area contributed by atoms with Crippen LogP contribution < -0.4 is 5.32 Å². The Labute approximate surface area is 107 Å². The van der Waals surface area contributed by atoms with Gasteiger partial charge in [-0.15, -0.1) is 0 Å². The van der Waals surface area contributed by atoms with Crippen molar-refractivity contribution in [3.05, 3.63) is 78.0 Å². The molecule has 0 aromatic heterocycles. The maximum atomic E-state index is 12.2. The van der Waals surface area contributed by atoms with Gasteiger partial charge < -0.3 is 5.32 Å². The van der Waals surface area contributed by atoms with Crippen molar-refractivity contribution >= 4 is 11.5 Å². The number of carbonyl (C=O) groups excluding carboxylic acids is 1. The number of anilines is 1.